The number of carbonyl (C=O) groups excluding carboxylic acids is 3. The summed E-state index contributed by atoms with van der Waals surface area (Å²) in [5.41, 5.74) is 7.24. The van der Waals surface area contributed by atoms with Gasteiger partial charge in [-0.15, -0.1) is 0 Å². The Morgan fingerprint density at radius 3 is 2.11 bits per heavy atom. The summed E-state index contributed by atoms with van der Waals surface area (Å²) in [7, 11) is 0. The number of piperidine rings is 1. The van der Waals surface area contributed by atoms with Crippen molar-refractivity contribution in [2.75, 3.05) is 28.6 Å². The van der Waals surface area contributed by atoms with E-state index in [9.17, 15) is 14.4 Å². The molecular weight excluding hydrogens is 344 g/mol. The van der Waals surface area contributed by atoms with Gasteiger partial charge in [0, 0.05) is 24.5 Å². The summed E-state index contributed by atoms with van der Waals surface area (Å²) in [5.74, 6) is -2.37. The number of para-hydroxylation sites is 1. The first kappa shape index (κ1) is 18.4. The lowest BCUT2D eigenvalue weighted by atomic mass is 10.1. The van der Waals surface area contributed by atoms with Gasteiger partial charge in [0.15, 0.2) is 0 Å². The highest BCUT2D eigenvalue weighted by molar-refractivity contribution is 6.44. The number of amides is 3. The molecule has 0 unspecified atom stereocenters. The van der Waals surface area contributed by atoms with Crippen LogP contribution in [0.25, 0.3) is 0 Å². The van der Waals surface area contributed by atoms with E-state index >= 15 is 0 Å². The molecule has 7 heteroatoms. The molecule has 7 nitrogen and oxygen atoms in total. The van der Waals surface area contributed by atoms with Crippen molar-refractivity contribution in [2.24, 2.45) is 5.73 Å². The van der Waals surface area contributed by atoms with E-state index < -0.39 is 17.7 Å². The lowest BCUT2D eigenvalue weighted by Gasteiger charge is -2.28. The van der Waals surface area contributed by atoms with Gasteiger partial charge >= 0.3 is 11.8 Å². The van der Waals surface area contributed by atoms with E-state index in [-0.39, 0.29) is 11.3 Å². The summed E-state index contributed by atoms with van der Waals surface area (Å²) >= 11 is 0. The molecular formula is C20H22N4O3. The van der Waals surface area contributed by atoms with Crippen molar-refractivity contribution in [2.45, 2.75) is 19.3 Å². The molecule has 27 heavy (non-hydrogen) atoms. The number of benzene rings is 2. The van der Waals surface area contributed by atoms with Gasteiger partial charge in [0.1, 0.15) is 0 Å². The fourth-order valence-corrected chi connectivity index (χ4v) is 3.08. The maximum absolute atomic E-state index is 12.1. The van der Waals surface area contributed by atoms with Crippen LogP contribution in [-0.4, -0.2) is 30.8 Å². The average molecular weight is 366 g/mol. The highest BCUT2D eigenvalue weighted by Crippen LogP contribution is 2.22. The van der Waals surface area contributed by atoms with E-state index in [1.807, 2.05) is 12.1 Å². The molecule has 140 valence electrons. The van der Waals surface area contributed by atoms with E-state index in [0.29, 0.717) is 5.69 Å². The first-order chi connectivity index (χ1) is 13.0. The van der Waals surface area contributed by atoms with Gasteiger partial charge < -0.3 is 21.3 Å². The van der Waals surface area contributed by atoms with Crippen LogP contribution in [0, 0.1) is 0 Å². The molecule has 1 heterocycles. The highest BCUT2D eigenvalue weighted by Gasteiger charge is 2.17. The predicted molar refractivity (Wildman–Crippen MR) is 105 cm³/mol. The van der Waals surface area contributed by atoms with Crippen LogP contribution in [0.15, 0.2) is 48.5 Å². The van der Waals surface area contributed by atoms with E-state index in [0.717, 1.165) is 18.8 Å². The fraction of sp³-hybridized carbons (Fsp3) is 0.250. The monoisotopic (exact) mass is 366 g/mol. The zero-order chi connectivity index (χ0) is 19.2. The molecule has 0 radical (unpaired) electrons. The van der Waals surface area contributed by atoms with Crippen LogP contribution >= 0.6 is 0 Å². The van der Waals surface area contributed by atoms with Crippen LogP contribution in [-0.2, 0) is 9.59 Å². The van der Waals surface area contributed by atoms with Crippen molar-refractivity contribution >= 4 is 34.8 Å². The molecule has 0 spiro atoms. The number of anilines is 3. The molecule has 4 N–H and O–H groups in total. The Bertz CT molecular complexity index is 843. The van der Waals surface area contributed by atoms with Crippen molar-refractivity contribution in [3.63, 3.8) is 0 Å². The highest BCUT2D eigenvalue weighted by atomic mass is 16.2. The van der Waals surface area contributed by atoms with Crippen LogP contribution < -0.4 is 21.3 Å². The number of rotatable bonds is 4. The zero-order valence-corrected chi connectivity index (χ0v) is 14.9. The second-order valence-corrected chi connectivity index (χ2v) is 6.41. The quantitative estimate of drug-likeness (QED) is 0.723. The molecule has 2 aromatic rings. The smallest absolute Gasteiger partial charge is 0.314 e. The average Bonchev–Trinajstić information content (AvgIpc) is 2.69. The van der Waals surface area contributed by atoms with Crippen molar-refractivity contribution in [3.05, 3.63) is 54.1 Å². The summed E-state index contributed by atoms with van der Waals surface area (Å²) in [6.07, 6.45) is 3.63. The zero-order valence-electron chi connectivity index (χ0n) is 14.9. The van der Waals surface area contributed by atoms with Crippen LogP contribution in [0.2, 0.25) is 0 Å². The van der Waals surface area contributed by atoms with Gasteiger partial charge in [-0.25, -0.2) is 0 Å². The van der Waals surface area contributed by atoms with E-state index in [4.69, 9.17) is 5.73 Å². The molecule has 1 aliphatic heterocycles. The Hall–Kier alpha value is -3.35. The summed E-state index contributed by atoms with van der Waals surface area (Å²) in [4.78, 5) is 38.0. The largest absolute Gasteiger partial charge is 0.372 e. The second-order valence-electron chi connectivity index (χ2n) is 6.41. The van der Waals surface area contributed by atoms with Gasteiger partial charge in [0.2, 0.25) is 0 Å². The third-order valence-electron chi connectivity index (χ3n) is 4.49. The molecule has 3 rings (SSSR count). The molecule has 1 aliphatic rings. The van der Waals surface area contributed by atoms with Crippen LogP contribution in [0.4, 0.5) is 17.1 Å². The maximum atomic E-state index is 12.1. The number of nitrogens with zero attached hydrogens (tertiary/aromatic N) is 1. The molecule has 1 fully saturated rings. The van der Waals surface area contributed by atoms with Crippen molar-refractivity contribution in [1.29, 1.82) is 0 Å². The first-order valence-electron chi connectivity index (χ1n) is 8.91. The van der Waals surface area contributed by atoms with E-state index in [1.54, 1.807) is 24.3 Å². The number of carbonyl (C=O) groups is 3. The second kappa shape index (κ2) is 8.35. The normalized spacial score (nSPS) is 13.7. The Morgan fingerprint density at radius 2 is 1.44 bits per heavy atom. The van der Waals surface area contributed by atoms with Gasteiger partial charge in [0.25, 0.3) is 5.91 Å². The van der Waals surface area contributed by atoms with Gasteiger partial charge in [-0.2, -0.15) is 0 Å². The van der Waals surface area contributed by atoms with Gasteiger partial charge in [-0.3, -0.25) is 14.4 Å². The SMILES string of the molecule is NC(=O)c1ccccc1NC(=O)C(=O)Nc1ccc(N2CCCCC2)cc1. The minimum atomic E-state index is -0.871. The minimum absolute atomic E-state index is 0.143. The fourth-order valence-electron chi connectivity index (χ4n) is 3.08. The first-order valence-corrected chi connectivity index (χ1v) is 8.91. The number of nitrogens with two attached hydrogens (primary N) is 1. The van der Waals surface area contributed by atoms with E-state index in [2.05, 4.69) is 15.5 Å². The molecule has 0 atom stereocenters. The molecule has 2 aromatic carbocycles. The van der Waals surface area contributed by atoms with Gasteiger partial charge in [-0.1, -0.05) is 12.1 Å². The number of nitrogens with one attached hydrogen (secondary N) is 2. The Kier molecular flexibility index (Phi) is 5.71. The Balaban J connectivity index is 1.61. The summed E-state index contributed by atoms with van der Waals surface area (Å²) in [5, 5.41) is 4.97. The third-order valence-corrected chi connectivity index (χ3v) is 4.49. The van der Waals surface area contributed by atoms with Crippen LogP contribution in [0.5, 0.6) is 0 Å². The maximum Gasteiger partial charge on any atom is 0.314 e. The minimum Gasteiger partial charge on any atom is -0.372 e. The van der Waals surface area contributed by atoms with Gasteiger partial charge in [0.05, 0.1) is 11.3 Å². The Morgan fingerprint density at radius 1 is 0.815 bits per heavy atom. The molecule has 1 saturated heterocycles. The van der Waals surface area contributed by atoms with Crippen molar-refractivity contribution in [1.82, 2.24) is 0 Å². The standard InChI is InChI=1S/C20H22N4O3/c21-18(25)16-6-2-3-7-17(16)23-20(27)19(26)22-14-8-10-15(11-9-14)24-12-4-1-5-13-24/h2-3,6-11H,1,4-5,12-13H2,(H2,21,25)(H,22,26)(H,23,27). The number of hydrogen-bond acceptors (Lipinski definition) is 4. The molecule has 3 amide bonds. The lowest BCUT2D eigenvalue weighted by molar-refractivity contribution is -0.133. The predicted octanol–water partition coefficient (Wildman–Crippen LogP) is 2.35. The summed E-state index contributed by atoms with van der Waals surface area (Å²) < 4.78 is 0. The summed E-state index contributed by atoms with van der Waals surface area (Å²) in [6, 6.07) is 13.7. The Labute approximate surface area is 157 Å². The van der Waals surface area contributed by atoms with Crippen molar-refractivity contribution in [3.8, 4) is 0 Å². The third kappa shape index (κ3) is 4.63. The topological polar surface area (TPSA) is 105 Å². The van der Waals surface area contributed by atoms with Gasteiger partial charge in [-0.05, 0) is 55.7 Å². The van der Waals surface area contributed by atoms with E-state index in [1.165, 1.54) is 31.4 Å². The van der Waals surface area contributed by atoms with Crippen molar-refractivity contribution < 1.29 is 14.4 Å². The van der Waals surface area contributed by atoms with Crippen LogP contribution in [0.1, 0.15) is 29.6 Å². The number of primary amides is 1. The molecule has 0 bridgehead atoms. The molecule has 0 aliphatic carbocycles. The molecule has 0 aromatic heterocycles. The number of hydrogen-bond donors (Lipinski definition) is 3. The summed E-state index contributed by atoms with van der Waals surface area (Å²) in [6.45, 7) is 2.07. The van der Waals surface area contributed by atoms with Crippen LogP contribution in [0.3, 0.4) is 0 Å². The molecule has 0 saturated carbocycles. The lowest BCUT2D eigenvalue weighted by Crippen LogP contribution is -2.30.